The normalized spacial score (nSPS) is 18.4. The number of esters is 1. The molecule has 0 aromatic heterocycles. The van der Waals surface area contributed by atoms with Crippen LogP contribution in [0.3, 0.4) is 0 Å². The van der Waals surface area contributed by atoms with Crippen LogP contribution in [0.25, 0.3) is 0 Å². The molecule has 0 N–H and O–H groups in total. The van der Waals surface area contributed by atoms with Gasteiger partial charge in [-0.2, -0.15) is 0 Å². The van der Waals surface area contributed by atoms with Crippen molar-refractivity contribution >= 4 is 5.97 Å². The number of aryl methyl sites for hydroxylation is 1. The highest BCUT2D eigenvalue weighted by Crippen LogP contribution is 2.32. The van der Waals surface area contributed by atoms with Gasteiger partial charge in [-0.15, -0.1) is 0 Å². The van der Waals surface area contributed by atoms with Crippen molar-refractivity contribution in [1.82, 2.24) is 0 Å². The molecule has 0 unspecified atom stereocenters. The second-order valence-corrected chi connectivity index (χ2v) is 9.32. The highest BCUT2D eigenvalue weighted by Gasteiger charge is 2.18. The number of ether oxygens (including phenoxy) is 2. The summed E-state index contributed by atoms with van der Waals surface area (Å²) < 4.78 is 11.3. The zero-order chi connectivity index (χ0) is 23.3. The van der Waals surface area contributed by atoms with Gasteiger partial charge in [-0.05, 0) is 85.9 Å². The van der Waals surface area contributed by atoms with Gasteiger partial charge in [-0.25, -0.2) is 4.79 Å². The summed E-state index contributed by atoms with van der Waals surface area (Å²) in [6.45, 7) is 4.99. The first kappa shape index (κ1) is 25.1. The van der Waals surface area contributed by atoms with Gasteiger partial charge in [0.25, 0.3) is 0 Å². The minimum atomic E-state index is -0.352. The number of hydrogen-bond donors (Lipinski definition) is 0. The smallest absolute Gasteiger partial charge is 0.343 e. The fourth-order valence-electron chi connectivity index (χ4n) is 4.61. The third-order valence-corrected chi connectivity index (χ3v) is 6.62. The number of unbranched alkanes of at least 4 members (excludes halogenated alkanes) is 2. The Morgan fingerprint density at radius 2 is 1.58 bits per heavy atom. The molecule has 178 valence electrons. The Balaban J connectivity index is 1.37. The standard InChI is InChI=1S/C30H40O3/c1-3-5-6-9-25-11-13-26(14-12-25)10-7-23-32-28-21-17-27(18-22-28)30(31)33-29-19-15-24(8-4-2)16-20-29/h7,10,15-22,25-26H,3-6,8-9,11-14,23H2,1-2H3. The van der Waals surface area contributed by atoms with Crippen LogP contribution in [0, 0.1) is 11.8 Å². The first-order chi connectivity index (χ1) is 16.2. The van der Waals surface area contributed by atoms with Gasteiger partial charge in [0.1, 0.15) is 18.1 Å². The molecule has 0 saturated heterocycles. The second-order valence-electron chi connectivity index (χ2n) is 9.32. The van der Waals surface area contributed by atoms with Crippen LogP contribution >= 0.6 is 0 Å². The number of benzene rings is 2. The molecule has 0 bridgehead atoms. The molecule has 3 heteroatoms. The van der Waals surface area contributed by atoms with E-state index in [1.807, 2.05) is 36.4 Å². The lowest BCUT2D eigenvalue weighted by Crippen LogP contribution is -2.13. The number of carbonyl (C=O) groups is 1. The van der Waals surface area contributed by atoms with Crippen LogP contribution < -0.4 is 9.47 Å². The number of allylic oxidation sites excluding steroid dienone is 1. The second kappa shape index (κ2) is 13.9. The van der Waals surface area contributed by atoms with Crippen LogP contribution in [0.1, 0.15) is 87.6 Å². The van der Waals surface area contributed by atoms with E-state index in [2.05, 4.69) is 26.0 Å². The van der Waals surface area contributed by atoms with Gasteiger partial charge in [-0.3, -0.25) is 0 Å². The van der Waals surface area contributed by atoms with E-state index < -0.39 is 0 Å². The van der Waals surface area contributed by atoms with Crippen LogP contribution in [-0.2, 0) is 6.42 Å². The Morgan fingerprint density at radius 1 is 0.879 bits per heavy atom. The number of rotatable bonds is 12. The summed E-state index contributed by atoms with van der Waals surface area (Å²) in [7, 11) is 0. The first-order valence-corrected chi connectivity index (χ1v) is 12.9. The van der Waals surface area contributed by atoms with Crippen LogP contribution in [-0.4, -0.2) is 12.6 Å². The molecule has 0 heterocycles. The first-order valence-electron chi connectivity index (χ1n) is 12.9. The zero-order valence-corrected chi connectivity index (χ0v) is 20.4. The Bertz CT molecular complexity index is 843. The SMILES string of the molecule is CCCCCC1CCC(C=CCOc2ccc(C(=O)Oc3ccc(CCC)cc3)cc2)CC1. The van der Waals surface area contributed by atoms with Crippen LogP contribution in [0.15, 0.2) is 60.7 Å². The molecule has 1 saturated carbocycles. The lowest BCUT2D eigenvalue weighted by molar-refractivity contribution is 0.0734. The zero-order valence-electron chi connectivity index (χ0n) is 20.4. The molecule has 0 atom stereocenters. The van der Waals surface area contributed by atoms with Crippen molar-refractivity contribution < 1.29 is 14.3 Å². The molecule has 0 aliphatic heterocycles. The fourth-order valence-corrected chi connectivity index (χ4v) is 4.61. The molecule has 1 aliphatic rings. The summed E-state index contributed by atoms with van der Waals surface area (Å²) >= 11 is 0. The van der Waals surface area contributed by atoms with Gasteiger partial charge in [0.05, 0.1) is 5.56 Å². The average molecular weight is 449 g/mol. The molecule has 3 nitrogen and oxygen atoms in total. The Kier molecular flexibility index (Phi) is 10.5. The van der Waals surface area contributed by atoms with Crippen LogP contribution in [0.4, 0.5) is 0 Å². The van der Waals surface area contributed by atoms with Crippen molar-refractivity contribution in [2.24, 2.45) is 11.8 Å². The molecule has 0 radical (unpaired) electrons. The predicted octanol–water partition coefficient (Wildman–Crippen LogP) is 8.18. The highest BCUT2D eigenvalue weighted by atomic mass is 16.5. The number of carbonyl (C=O) groups excluding carboxylic acids is 1. The Labute approximate surface area is 200 Å². The van der Waals surface area contributed by atoms with Crippen molar-refractivity contribution in [2.45, 2.75) is 78.1 Å². The molecule has 1 fully saturated rings. The molecule has 33 heavy (non-hydrogen) atoms. The van der Waals surface area contributed by atoms with E-state index in [1.165, 1.54) is 56.9 Å². The van der Waals surface area contributed by atoms with Gasteiger partial charge >= 0.3 is 5.97 Å². The van der Waals surface area contributed by atoms with Crippen molar-refractivity contribution in [3.8, 4) is 11.5 Å². The maximum Gasteiger partial charge on any atom is 0.343 e. The predicted molar refractivity (Wildman–Crippen MR) is 136 cm³/mol. The average Bonchev–Trinajstić information content (AvgIpc) is 2.85. The van der Waals surface area contributed by atoms with E-state index in [0.29, 0.717) is 23.8 Å². The van der Waals surface area contributed by atoms with Gasteiger partial charge in [-0.1, -0.05) is 70.2 Å². The van der Waals surface area contributed by atoms with E-state index in [9.17, 15) is 4.79 Å². The van der Waals surface area contributed by atoms with Crippen molar-refractivity contribution in [2.75, 3.05) is 6.61 Å². The minimum Gasteiger partial charge on any atom is -0.490 e. The molecule has 0 spiro atoms. The van der Waals surface area contributed by atoms with Crippen molar-refractivity contribution in [3.63, 3.8) is 0 Å². The topological polar surface area (TPSA) is 35.5 Å². The van der Waals surface area contributed by atoms with Gasteiger partial charge in [0.15, 0.2) is 0 Å². The largest absolute Gasteiger partial charge is 0.490 e. The number of hydrogen-bond acceptors (Lipinski definition) is 3. The molecular formula is C30H40O3. The summed E-state index contributed by atoms with van der Waals surface area (Å²) in [5, 5.41) is 0. The van der Waals surface area contributed by atoms with E-state index in [-0.39, 0.29) is 5.97 Å². The summed E-state index contributed by atoms with van der Waals surface area (Å²) in [6, 6.07) is 14.9. The summed E-state index contributed by atoms with van der Waals surface area (Å²) in [6.07, 6.45) is 17.5. The molecular weight excluding hydrogens is 408 g/mol. The molecule has 2 aromatic rings. The molecule has 3 rings (SSSR count). The third-order valence-electron chi connectivity index (χ3n) is 6.62. The van der Waals surface area contributed by atoms with E-state index >= 15 is 0 Å². The Hall–Kier alpha value is -2.55. The van der Waals surface area contributed by atoms with Crippen molar-refractivity contribution in [3.05, 3.63) is 71.8 Å². The summed E-state index contributed by atoms with van der Waals surface area (Å²) in [5.74, 6) is 2.63. The third kappa shape index (κ3) is 8.72. The quantitative estimate of drug-likeness (QED) is 0.142. The van der Waals surface area contributed by atoms with Gasteiger partial charge in [0, 0.05) is 0 Å². The fraction of sp³-hybridized carbons (Fsp3) is 0.500. The van der Waals surface area contributed by atoms with E-state index in [1.54, 1.807) is 12.1 Å². The monoisotopic (exact) mass is 448 g/mol. The van der Waals surface area contributed by atoms with E-state index in [4.69, 9.17) is 9.47 Å². The maximum absolute atomic E-state index is 12.4. The minimum absolute atomic E-state index is 0.352. The van der Waals surface area contributed by atoms with Crippen molar-refractivity contribution in [1.29, 1.82) is 0 Å². The van der Waals surface area contributed by atoms with Crippen LogP contribution in [0.5, 0.6) is 11.5 Å². The Morgan fingerprint density at radius 3 is 2.24 bits per heavy atom. The summed E-state index contributed by atoms with van der Waals surface area (Å²) in [4.78, 5) is 12.4. The molecule has 1 aliphatic carbocycles. The maximum atomic E-state index is 12.4. The molecule has 0 amide bonds. The highest BCUT2D eigenvalue weighted by molar-refractivity contribution is 5.91. The summed E-state index contributed by atoms with van der Waals surface area (Å²) in [5.41, 5.74) is 1.77. The van der Waals surface area contributed by atoms with Crippen LogP contribution in [0.2, 0.25) is 0 Å². The lowest BCUT2D eigenvalue weighted by Gasteiger charge is -2.26. The lowest BCUT2D eigenvalue weighted by atomic mass is 9.79. The van der Waals surface area contributed by atoms with Gasteiger partial charge in [0.2, 0.25) is 0 Å². The van der Waals surface area contributed by atoms with Gasteiger partial charge < -0.3 is 9.47 Å². The molecule has 2 aromatic carbocycles. The van der Waals surface area contributed by atoms with E-state index in [0.717, 1.165) is 24.5 Å².